The number of anilines is 1. The molecule has 0 unspecified atom stereocenters. The van der Waals surface area contributed by atoms with Crippen LogP contribution in [0.15, 0.2) is 51.8 Å². The molecule has 0 aliphatic carbocycles. The van der Waals surface area contributed by atoms with E-state index in [2.05, 4.69) is 26.0 Å². The van der Waals surface area contributed by atoms with Crippen LogP contribution < -0.4 is 10.0 Å². The van der Waals surface area contributed by atoms with Crippen molar-refractivity contribution in [3.8, 4) is 0 Å². The number of amides is 1. The molecule has 7 heteroatoms. The summed E-state index contributed by atoms with van der Waals surface area (Å²) in [6.07, 6.45) is 0. The highest BCUT2D eigenvalue weighted by Gasteiger charge is 2.22. The first-order valence-corrected chi connectivity index (χ1v) is 9.62. The van der Waals surface area contributed by atoms with Gasteiger partial charge in [0.05, 0.1) is 10.9 Å². The summed E-state index contributed by atoms with van der Waals surface area (Å²) in [5.74, 6) is -0.418. The second kappa shape index (κ2) is 7.46. The summed E-state index contributed by atoms with van der Waals surface area (Å²) in [6, 6.07) is 10.9. The van der Waals surface area contributed by atoms with Gasteiger partial charge in [0, 0.05) is 10.2 Å². The predicted octanol–water partition coefficient (Wildman–Crippen LogP) is 3.37. The van der Waals surface area contributed by atoms with Crippen LogP contribution in [-0.2, 0) is 14.8 Å². The van der Waals surface area contributed by atoms with Gasteiger partial charge in [-0.05, 0) is 68.3 Å². The summed E-state index contributed by atoms with van der Waals surface area (Å²) in [6.45, 7) is 5.44. The van der Waals surface area contributed by atoms with Crippen LogP contribution in [0.1, 0.15) is 18.1 Å². The van der Waals surface area contributed by atoms with E-state index in [1.54, 1.807) is 18.2 Å². The molecule has 0 saturated carbocycles. The lowest BCUT2D eigenvalue weighted by Crippen LogP contribution is -2.41. The first-order chi connectivity index (χ1) is 11.2. The van der Waals surface area contributed by atoms with Crippen molar-refractivity contribution in [2.75, 3.05) is 5.32 Å². The zero-order chi connectivity index (χ0) is 17.9. The number of aryl methyl sites for hydroxylation is 2. The Morgan fingerprint density at radius 1 is 1.04 bits per heavy atom. The minimum Gasteiger partial charge on any atom is -0.325 e. The Morgan fingerprint density at radius 2 is 1.67 bits per heavy atom. The van der Waals surface area contributed by atoms with Gasteiger partial charge in [0.25, 0.3) is 0 Å². The Morgan fingerprint density at radius 3 is 2.25 bits per heavy atom. The van der Waals surface area contributed by atoms with Crippen LogP contribution in [0.3, 0.4) is 0 Å². The molecule has 2 N–H and O–H groups in total. The molecule has 0 fully saturated rings. The van der Waals surface area contributed by atoms with E-state index < -0.39 is 22.0 Å². The van der Waals surface area contributed by atoms with E-state index in [0.717, 1.165) is 15.6 Å². The molecule has 0 aliphatic rings. The molecule has 2 aromatic carbocycles. The molecule has 128 valence electrons. The summed E-state index contributed by atoms with van der Waals surface area (Å²) in [4.78, 5) is 12.3. The molecule has 24 heavy (non-hydrogen) atoms. The number of benzene rings is 2. The number of hydrogen-bond acceptors (Lipinski definition) is 3. The van der Waals surface area contributed by atoms with Gasteiger partial charge in [0.15, 0.2) is 0 Å². The molecule has 2 rings (SSSR count). The van der Waals surface area contributed by atoms with Gasteiger partial charge in [-0.1, -0.05) is 22.0 Å². The quantitative estimate of drug-likeness (QED) is 0.792. The minimum absolute atomic E-state index is 0.108. The Balaban J connectivity index is 2.07. The van der Waals surface area contributed by atoms with E-state index in [1.807, 2.05) is 26.0 Å². The van der Waals surface area contributed by atoms with E-state index in [9.17, 15) is 13.2 Å². The lowest BCUT2D eigenvalue weighted by molar-refractivity contribution is -0.117. The molecule has 0 spiro atoms. The highest BCUT2D eigenvalue weighted by Crippen LogP contribution is 2.16. The zero-order valence-corrected chi connectivity index (χ0v) is 16.0. The van der Waals surface area contributed by atoms with Gasteiger partial charge in [0.2, 0.25) is 15.9 Å². The van der Waals surface area contributed by atoms with Crippen molar-refractivity contribution in [2.24, 2.45) is 0 Å². The average Bonchev–Trinajstić information content (AvgIpc) is 2.51. The first-order valence-electron chi connectivity index (χ1n) is 7.35. The normalized spacial score (nSPS) is 12.7. The van der Waals surface area contributed by atoms with Gasteiger partial charge < -0.3 is 5.32 Å². The van der Waals surface area contributed by atoms with Gasteiger partial charge in [0.1, 0.15) is 0 Å². The molecular formula is C17H19BrN2O3S. The van der Waals surface area contributed by atoms with E-state index in [4.69, 9.17) is 0 Å². The topological polar surface area (TPSA) is 75.3 Å². The maximum Gasteiger partial charge on any atom is 0.242 e. The average molecular weight is 411 g/mol. The SMILES string of the molecule is Cc1ccc(NC(=O)[C@H](C)NS(=O)(=O)c2ccc(Br)cc2)cc1C. The van der Waals surface area contributed by atoms with E-state index >= 15 is 0 Å². The Hall–Kier alpha value is -1.70. The molecule has 0 aromatic heterocycles. The van der Waals surface area contributed by atoms with Crippen molar-refractivity contribution in [3.63, 3.8) is 0 Å². The van der Waals surface area contributed by atoms with Gasteiger partial charge in [-0.3, -0.25) is 4.79 Å². The van der Waals surface area contributed by atoms with Crippen LogP contribution in [-0.4, -0.2) is 20.4 Å². The summed E-state index contributed by atoms with van der Waals surface area (Å²) in [7, 11) is -3.76. The van der Waals surface area contributed by atoms with Crippen molar-refractivity contribution in [1.29, 1.82) is 0 Å². The van der Waals surface area contributed by atoms with Gasteiger partial charge in [-0.25, -0.2) is 8.42 Å². The highest BCUT2D eigenvalue weighted by atomic mass is 79.9. The van der Waals surface area contributed by atoms with E-state index in [0.29, 0.717) is 5.69 Å². The Bertz CT molecular complexity index is 849. The smallest absolute Gasteiger partial charge is 0.242 e. The molecule has 1 atom stereocenters. The van der Waals surface area contributed by atoms with Gasteiger partial charge >= 0.3 is 0 Å². The predicted molar refractivity (Wildman–Crippen MR) is 98.5 cm³/mol. The monoisotopic (exact) mass is 410 g/mol. The van der Waals surface area contributed by atoms with Crippen molar-refractivity contribution >= 4 is 37.5 Å². The second-order valence-electron chi connectivity index (χ2n) is 5.59. The maximum absolute atomic E-state index is 12.3. The Labute approximate surface area is 150 Å². The zero-order valence-electron chi connectivity index (χ0n) is 13.6. The maximum atomic E-state index is 12.3. The first kappa shape index (κ1) is 18.6. The molecule has 5 nitrogen and oxygen atoms in total. The van der Waals surface area contributed by atoms with Crippen LogP contribution in [0.2, 0.25) is 0 Å². The number of halogens is 1. The minimum atomic E-state index is -3.76. The third-order valence-electron chi connectivity index (χ3n) is 3.62. The van der Waals surface area contributed by atoms with Crippen molar-refractivity contribution in [1.82, 2.24) is 4.72 Å². The molecule has 0 saturated heterocycles. The summed E-state index contributed by atoms with van der Waals surface area (Å²) in [5, 5.41) is 2.72. The lowest BCUT2D eigenvalue weighted by Gasteiger charge is -2.15. The van der Waals surface area contributed by atoms with Crippen LogP contribution in [0.25, 0.3) is 0 Å². The van der Waals surface area contributed by atoms with Crippen LogP contribution >= 0.6 is 15.9 Å². The second-order valence-corrected chi connectivity index (χ2v) is 8.21. The summed E-state index contributed by atoms with van der Waals surface area (Å²) < 4.78 is 27.8. The number of nitrogens with one attached hydrogen (secondary N) is 2. The lowest BCUT2D eigenvalue weighted by atomic mass is 10.1. The van der Waals surface area contributed by atoms with Crippen LogP contribution in [0.5, 0.6) is 0 Å². The molecule has 0 radical (unpaired) electrons. The fourth-order valence-electron chi connectivity index (χ4n) is 2.04. The van der Waals surface area contributed by atoms with Crippen molar-refractivity contribution in [3.05, 3.63) is 58.1 Å². The molecular weight excluding hydrogens is 392 g/mol. The number of carbonyl (C=O) groups is 1. The number of hydrogen-bond donors (Lipinski definition) is 2. The number of carbonyl (C=O) groups excluding carboxylic acids is 1. The van der Waals surface area contributed by atoms with E-state index in [-0.39, 0.29) is 4.90 Å². The van der Waals surface area contributed by atoms with Crippen LogP contribution in [0.4, 0.5) is 5.69 Å². The van der Waals surface area contributed by atoms with Crippen molar-refractivity contribution < 1.29 is 13.2 Å². The number of rotatable bonds is 5. The molecule has 0 heterocycles. The van der Waals surface area contributed by atoms with Gasteiger partial charge in [-0.15, -0.1) is 0 Å². The highest BCUT2D eigenvalue weighted by molar-refractivity contribution is 9.10. The van der Waals surface area contributed by atoms with Gasteiger partial charge in [-0.2, -0.15) is 4.72 Å². The summed E-state index contributed by atoms with van der Waals surface area (Å²) in [5.41, 5.74) is 2.81. The molecule has 0 bridgehead atoms. The molecule has 2 aromatic rings. The van der Waals surface area contributed by atoms with E-state index in [1.165, 1.54) is 19.1 Å². The molecule has 0 aliphatic heterocycles. The summed E-state index contributed by atoms with van der Waals surface area (Å²) >= 11 is 3.25. The fourth-order valence-corrected chi connectivity index (χ4v) is 3.51. The van der Waals surface area contributed by atoms with Crippen molar-refractivity contribution in [2.45, 2.75) is 31.7 Å². The Kier molecular flexibility index (Phi) is 5.79. The number of sulfonamides is 1. The third-order valence-corrected chi connectivity index (χ3v) is 5.71. The van der Waals surface area contributed by atoms with Crippen LogP contribution in [0, 0.1) is 13.8 Å². The third kappa shape index (κ3) is 4.66. The largest absolute Gasteiger partial charge is 0.325 e. The standard InChI is InChI=1S/C17H19BrN2O3S/c1-11-4-7-15(10-12(11)2)19-17(21)13(3)20-24(22,23)16-8-5-14(18)6-9-16/h4-10,13,20H,1-3H3,(H,19,21)/t13-/m0/s1. The molecule has 1 amide bonds. The fraction of sp³-hybridized carbons (Fsp3) is 0.235.